The second kappa shape index (κ2) is 5.87. The number of carbonyl (C=O) groups excluding carboxylic acids is 1. The van der Waals surface area contributed by atoms with Crippen molar-refractivity contribution < 1.29 is 14.7 Å². The van der Waals surface area contributed by atoms with E-state index in [-0.39, 0.29) is 12.3 Å². The first kappa shape index (κ1) is 15.2. The molecule has 0 spiro atoms. The molecule has 0 fully saturated rings. The Balaban J connectivity index is 2.94. The zero-order chi connectivity index (χ0) is 14.7. The van der Waals surface area contributed by atoms with E-state index in [1.807, 2.05) is 32.9 Å². The van der Waals surface area contributed by atoms with E-state index in [0.717, 1.165) is 16.8 Å². The molecule has 0 aliphatic heterocycles. The average Bonchev–Trinajstić information content (AvgIpc) is 2.32. The van der Waals surface area contributed by atoms with Gasteiger partial charge in [0.25, 0.3) is 0 Å². The van der Waals surface area contributed by atoms with Gasteiger partial charge in [0.05, 0.1) is 5.92 Å². The topological polar surface area (TPSA) is 57.6 Å². The summed E-state index contributed by atoms with van der Waals surface area (Å²) in [6.45, 7) is 7.52. The first-order valence-corrected chi connectivity index (χ1v) is 6.31. The highest BCUT2D eigenvalue weighted by atomic mass is 16.4. The normalized spacial score (nSPS) is 12.1. The molecule has 0 radical (unpaired) electrons. The van der Waals surface area contributed by atoms with Crippen LogP contribution in [0.25, 0.3) is 0 Å². The Morgan fingerprint density at radius 1 is 1.16 bits per heavy atom. The summed E-state index contributed by atoms with van der Waals surface area (Å²) in [7, 11) is 1.69. The molecule has 1 amide bonds. The van der Waals surface area contributed by atoms with Gasteiger partial charge in [0.15, 0.2) is 0 Å². The van der Waals surface area contributed by atoms with E-state index in [0.29, 0.717) is 0 Å². The second-order valence-electron chi connectivity index (χ2n) is 5.12. The molecule has 104 valence electrons. The minimum Gasteiger partial charge on any atom is -0.481 e. The highest BCUT2D eigenvalue weighted by Gasteiger charge is 2.20. The molecule has 1 atom stereocenters. The third-order valence-electron chi connectivity index (χ3n) is 3.45. The van der Waals surface area contributed by atoms with Crippen LogP contribution in [0.1, 0.15) is 30.0 Å². The molecular weight excluding hydrogens is 242 g/mol. The zero-order valence-electron chi connectivity index (χ0n) is 12.2. The minimum atomic E-state index is -0.946. The number of hydrogen-bond donors (Lipinski definition) is 1. The molecule has 1 unspecified atom stereocenters. The molecule has 0 saturated heterocycles. The van der Waals surface area contributed by atoms with Crippen molar-refractivity contribution in [2.24, 2.45) is 5.92 Å². The Hall–Kier alpha value is -1.84. The number of carboxylic acids is 1. The van der Waals surface area contributed by atoms with Gasteiger partial charge in [0.2, 0.25) is 5.91 Å². The molecule has 4 nitrogen and oxygen atoms in total. The van der Waals surface area contributed by atoms with Crippen LogP contribution in [0, 0.1) is 26.7 Å². The fourth-order valence-corrected chi connectivity index (χ4v) is 1.93. The lowest BCUT2D eigenvalue weighted by molar-refractivity contribution is -0.143. The summed E-state index contributed by atoms with van der Waals surface area (Å²) in [5.41, 5.74) is 4.15. The largest absolute Gasteiger partial charge is 0.481 e. The van der Waals surface area contributed by atoms with Gasteiger partial charge in [-0.3, -0.25) is 9.59 Å². The number of amides is 1. The molecule has 0 saturated carbocycles. The summed E-state index contributed by atoms with van der Waals surface area (Å²) in [5.74, 6) is -1.79. The number of carbonyl (C=O) groups is 2. The summed E-state index contributed by atoms with van der Waals surface area (Å²) >= 11 is 0. The van der Waals surface area contributed by atoms with Gasteiger partial charge in [-0.25, -0.2) is 0 Å². The van der Waals surface area contributed by atoms with E-state index >= 15 is 0 Å². The molecule has 1 aromatic rings. The first-order chi connectivity index (χ1) is 8.73. The number of nitrogens with zero attached hydrogens (tertiary/aromatic N) is 1. The number of carboxylic acid groups (broad SMARTS) is 1. The lowest BCUT2D eigenvalue weighted by Crippen LogP contribution is -2.30. The van der Waals surface area contributed by atoms with Crippen molar-refractivity contribution in [3.63, 3.8) is 0 Å². The van der Waals surface area contributed by atoms with E-state index in [1.165, 1.54) is 5.56 Å². The molecule has 1 N–H and O–H groups in total. The Bertz CT molecular complexity index is 508. The van der Waals surface area contributed by atoms with E-state index in [1.54, 1.807) is 18.9 Å². The fraction of sp³-hybridized carbons (Fsp3) is 0.467. The molecule has 0 bridgehead atoms. The molecule has 19 heavy (non-hydrogen) atoms. The van der Waals surface area contributed by atoms with Gasteiger partial charge in [0.1, 0.15) is 0 Å². The van der Waals surface area contributed by atoms with Gasteiger partial charge in [-0.1, -0.05) is 13.0 Å². The van der Waals surface area contributed by atoms with Crippen LogP contribution in [0.2, 0.25) is 0 Å². The summed E-state index contributed by atoms with van der Waals surface area (Å²) < 4.78 is 0. The van der Waals surface area contributed by atoms with Crippen molar-refractivity contribution in [3.05, 3.63) is 28.8 Å². The summed E-state index contributed by atoms with van der Waals surface area (Å²) in [5, 5.41) is 8.85. The zero-order valence-corrected chi connectivity index (χ0v) is 12.2. The Labute approximate surface area is 114 Å². The highest BCUT2D eigenvalue weighted by Crippen LogP contribution is 2.24. The smallest absolute Gasteiger partial charge is 0.306 e. The maximum absolute atomic E-state index is 12.1. The lowest BCUT2D eigenvalue weighted by atomic mass is 10.0. The van der Waals surface area contributed by atoms with E-state index in [9.17, 15) is 9.59 Å². The minimum absolute atomic E-state index is 0.0121. The van der Waals surface area contributed by atoms with Gasteiger partial charge in [-0.05, 0) is 43.5 Å². The molecule has 0 heterocycles. The van der Waals surface area contributed by atoms with Crippen molar-refractivity contribution in [2.45, 2.75) is 34.1 Å². The Morgan fingerprint density at radius 3 is 2.21 bits per heavy atom. The van der Waals surface area contributed by atoms with Crippen LogP contribution in [-0.2, 0) is 9.59 Å². The number of aryl methyl sites for hydroxylation is 3. The van der Waals surface area contributed by atoms with Gasteiger partial charge in [-0.2, -0.15) is 0 Å². The molecule has 1 aromatic carbocycles. The van der Waals surface area contributed by atoms with Crippen molar-refractivity contribution >= 4 is 17.6 Å². The number of benzene rings is 1. The molecule has 0 aliphatic rings. The van der Waals surface area contributed by atoms with Crippen molar-refractivity contribution in [1.29, 1.82) is 0 Å². The lowest BCUT2D eigenvalue weighted by Gasteiger charge is -2.22. The molecule has 4 heteroatoms. The van der Waals surface area contributed by atoms with Crippen molar-refractivity contribution in [2.75, 3.05) is 11.9 Å². The maximum Gasteiger partial charge on any atom is 0.306 e. The predicted molar refractivity (Wildman–Crippen MR) is 75.5 cm³/mol. The first-order valence-electron chi connectivity index (χ1n) is 6.31. The summed E-state index contributed by atoms with van der Waals surface area (Å²) in [4.78, 5) is 24.4. The third-order valence-corrected chi connectivity index (χ3v) is 3.45. The molecule has 1 rings (SSSR count). The quantitative estimate of drug-likeness (QED) is 0.908. The number of anilines is 1. The SMILES string of the molecule is Cc1cc(C)c(N(C)C(=O)CC(C)C(=O)O)cc1C. The van der Waals surface area contributed by atoms with Crippen LogP contribution in [0.3, 0.4) is 0 Å². The van der Waals surface area contributed by atoms with Crippen LogP contribution < -0.4 is 4.90 Å². The summed E-state index contributed by atoms with van der Waals surface area (Å²) in [6, 6.07) is 4.00. The van der Waals surface area contributed by atoms with Gasteiger partial charge >= 0.3 is 5.97 Å². The van der Waals surface area contributed by atoms with Crippen LogP contribution in [-0.4, -0.2) is 24.0 Å². The second-order valence-corrected chi connectivity index (χ2v) is 5.12. The average molecular weight is 263 g/mol. The molecular formula is C15H21NO3. The van der Waals surface area contributed by atoms with Crippen LogP contribution in [0.4, 0.5) is 5.69 Å². The standard InChI is InChI=1S/C15H21NO3/c1-9-6-11(3)13(7-10(9)2)16(5)14(17)8-12(4)15(18)19/h6-7,12H,8H2,1-5H3,(H,18,19). The Kier molecular flexibility index (Phi) is 4.70. The number of hydrogen-bond acceptors (Lipinski definition) is 2. The third kappa shape index (κ3) is 3.56. The van der Waals surface area contributed by atoms with Gasteiger partial charge < -0.3 is 10.0 Å². The van der Waals surface area contributed by atoms with E-state index < -0.39 is 11.9 Å². The van der Waals surface area contributed by atoms with Gasteiger partial charge in [0, 0.05) is 19.2 Å². The summed E-state index contributed by atoms with van der Waals surface area (Å²) in [6.07, 6.45) is 0.0121. The van der Waals surface area contributed by atoms with Crippen molar-refractivity contribution in [1.82, 2.24) is 0 Å². The van der Waals surface area contributed by atoms with Crippen molar-refractivity contribution in [3.8, 4) is 0 Å². The fourth-order valence-electron chi connectivity index (χ4n) is 1.93. The van der Waals surface area contributed by atoms with Crippen LogP contribution in [0.15, 0.2) is 12.1 Å². The van der Waals surface area contributed by atoms with E-state index in [2.05, 4.69) is 0 Å². The van der Waals surface area contributed by atoms with Gasteiger partial charge in [-0.15, -0.1) is 0 Å². The monoisotopic (exact) mass is 263 g/mol. The van der Waals surface area contributed by atoms with E-state index in [4.69, 9.17) is 5.11 Å². The van der Waals surface area contributed by atoms with Crippen LogP contribution in [0.5, 0.6) is 0 Å². The Morgan fingerprint density at radius 2 is 1.68 bits per heavy atom. The van der Waals surface area contributed by atoms with Crippen LogP contribution >= 0.6 is 0 Å². The molecule has 0 aromatic heterocycles. The maximum atomic E-state index is 12.1. The predicted octanol–water partition coefficient (Wildman–Crippen LogP) is 2.69. The number of aliphatic carboxylic acids is 1. The number of rotatable bonds is 4. The highest BCUT2D eigenvalue weighted by molar-refractivity contribution is 5.95. The molecule has 0 aliphatic carbocycles.